The summed E-state index contributed by atoms with van der Waals surface area (Å²) in [6.45, 7) is 11.1. The molecule has 4 rings (SSSR count). The molecule has 1 aromatic carbocycles. The van der Waals surface area contributed by atoms with Crippen molar-refractivity contribution in [1.29, 1.82) is 0 Å². The molecule has 7 nitrogen and oxygen atoms in total. The molecule has 0 fully saturated rings. The monoisotopic (exact) mass is 433 g/mol. The zero-order chi connectivity index (χ0) is 23.3. The molecular weight excluding hydrogens is 406 g/mol. The Morgan fingerprint density at radius 1 is 1.09 bits per heavy atom. The van der Waals surface area contributed by atoms with E-state index in [0.29, 0.717) is 12.2 Å². The van der Waals surface area contributed by atoms with Crippen LogP contribution in [0.5, 0.6) is 0 Å². The van der Waals surface area contributed by atoms with E-state index in [1.165, 1.54) is 33.3 Å². The molecule has 2 N–H and O–H groups in total. The van der Waals surface area contributed by atoms with Crippen LogP contribution in [0.25, 0.3) is 10.9 Å². The van der Waals surface area contributed by atoms with Crippen molar-refractivity contribution in [3.8, 4) is 0 Å². The topological polar surface area (TPSA) is 95.7 Å². The summed E-state index contributed by atoms with van der Waals surface area (Å²) < 4.78 is 2.35. The number of allylic oxidation sites excluding steroid dienone is 1. The summed E-state index contributed by atoms with van der Waals surface area (Å²) >= 11 is 0. The lowest BCUT2D eigenvalue weighted by molar-refractivity contribution is -0.134. The van der Waals surface area contributed by atoms with Crippen molar-refractivity contribution in [1.82, 2.24) is 9.55 Å². The molecule has 7 heteroatoms. The SMILES string of the molecule is C=CCn1c(C)c(C)c2ccnc(N3CCc4ccccc4C3)c21.O=C(O)C=CC(=O)O. The maximum Gasteiger partial charge on any atom is 0.328 e. The predicted molar refractivity (Wildman–Crippen MR) is 125 cm³/mol. The van der Waals surface area contributed by atoms with Gasteiger partial charge in [-0.2, -0.15) is 0 Å². The fourth-order valence-corrected chi connectivity index (χ4v) is 3.98. The number of hydrogen-bond donors (Lipinski definition) is 2. The molecule has 3 heterocycles. The van der Waals surface area contributed by atoms with Crippen molar-refractivity contribution >= 4 is 28.7 Å². The van der Waals surface area contributed by atoms with E-state index in [1.807, 2.05) is 12.3 Å². The average Bonchev–Trinajstić information content (AvgIpc) is 3.03. The van der Waals surface area contributed by atoms with Crippen LogP contribution in [-0.2, 0) is 29.1 Å². The first kappa shape index (κ1) is 22.8. The quantitative estimate of drug-likeness (QED) is 0.464. The van der Waals surface area contributed by atoms with E-state index in [0.717, 1.165) is 31.9 Å². The Hall–Kier alpha value is -3.87. The van der Waals surface area contributed by atoms with Crippen molar-refractivity contribution < 1.29 is 19.8 Å². The lowest BCUT2D eigenvalue weighted by atomic mass is 10.00. The first-order valence-corrected chi connectivity index (χ1v) is 10.3. The molecule has 0 saturated heterocycles. The summed E-state index contributed by atoms with van der Waals surface area (Å²) in [6.07, 6.45) is 6.11. The third kappa shape index (κ3) is 4.88. The van der Waals surface area contributed by atoms with E-state index in [2.05, 4.69) is 60.2 Å². The second-order valence-electron chi connectivity index (χ2n) is 7.59. The van der Waals surface area contributed by atoms with Gasteiger partial charge in [-0.1, -0.05) is 30.3 Å². The van der Waals surface area contributed by atoms with E-state index < -0.39 is 11.9 Å². The highest BCUT2D eigenvalue weighted by atomic mass is 16.4. The summed E-state index contributed by atoms with van der Waals surface area (Å²) in [5, 5.41) is 16.9. The number of hydrogen-bond acceptors (Lipinski definition) is 4. The molecule has 2 aromatic heterocycles. The van der Waals surface area contributed by atoms with Crippen molar-refractivity contribution in [2.75, 3.05) is 11.4 Å². The molecule has 1 aliphatic heterocycles. The van der Waals surface area contributed by atoms with Crippen LogP contribution in [0, 0.1) is 13.8 Å². The number of nitrogens with zero attached hydrogens (tertiary/aromatic N) is 3. The van der Waals surface area contributed by atoms with Crippen LogP contribution >= 0.6 is 0 Å². The third-order valence-electron chi connectivity index (χ3n) is 5.64. The summed E-state index contributed by atoms with van der Waals surface area (Å²) in [6, 6.07) is 10.9. The lowest BCUT2D eigenvalue weighted by Crippen LogP contribution is -2.31. The van der Waals surface area contributed by atoms with Gasteiger partial charge < -0.3 is 19.7 Å². The fraction of sp³-hybridized carbons (Fsp3) is 0.240. The number of anilines is 1. The van der Waals surface area contributed by atoms with Crippen LogP contribution in [0.1, 0.15) is 22.4 Å². The van der Waals surface area contributed by atoms with Crippen LogP contribution in [0.3, 0.4) is 0 Å². The number of carbonyl (C=O) groups is 2. The van der Waals surface area contributed by atoms with Crippen molar-refractivity contribution in [3.05, 3.63) is 83.7 Å². The summed E-state index contributed by atoms with van der Waals surface area (Å²) in [5.41, 5.74) is 6.77. The van der Waals surface area contributed by atoms with Crippen LogP contribution in [0.15, 0.2) is 61.3 Å². The number of rotatable bonds is 5. The average molecular weight is 434 g/mol. The summed E-state index contributed by atoms with van der Waals surface area (Å²) in [7, 11) is 0. The minimum atomic E-state index is -1.26. The van der Waals surface area contributed by atoms with Crippen LogP contribution in [0.2, 0.25) is 0 Å². The molecule has 0 atom stereocenters. The van der Waals surface area contributed by atoms with Gasteiger partial charge in [0.05, 0.1) is 5.52 Å². The zero-order valence-corrected chi connectivity index (χ0v) is 18.3. The zero-order valence-electron chi connectivity index (χ0n) is 18.3. The Balaban J connectivity index is 0.000000312. The summed E-state index contributed by atoms with van der Waals surface area (Å²) in [4.78, 5) is 26.3. The highest BCUT2D eigenvalue weighted by molar-refractivity contribution is 5.93. The molecular formula is C25H27N3O4. The van der Waals surface area contributed by atoms with Gasteiger partial charge in [0.25, 0.3) is 0 Å². The van der Waals surface area contributed by atoms with Crippen LogP contribution in [0.4, 0.5) is 5.82 Å². The van der Waals surface area contributed by atoms with Gasteiger partial charge in [-0.3, -0.25) is 0 Å². The van der Waals surface area contributed by atoms with Gasteiger partial charge in [0.2, 0.25) is 0 Å². The van der Waals surface area contributed by atoms with Crippen molar-refractivity contribution in [3.63, 3.8) is 0 Å². The Kier molecular flexibility index (Phi) is 7.10. The number of pyridine rings is 1. The molecule has 0 aliphatic carbocycles. The van der Waals surface area contributed by atoms with E-state index in [1.54, 1.807) is 0 Å². The fourth-order valence-electron chi connectivity index (χ4n) is 3.98. The minimum Gasteiger partial charge on any atom is -0.478 e. The van der Waals surface area contributed by atoms with Gasteiger partial charge in [-0.15, -0.1) is 6.58 Å². The predicted octanol–water partition coefficient (Wildman–Crippen LogP) is 4.11. The van der Waals surface area contributed by atoms with Crippen LogP contribution in [-0.4, -0.2) is 38.2 Å². The molecule has 0 bridgehead atoms. The Labute approximate surface area is 186 Å². The molecule has 0 radical (unpaired) electrons. The second-order valence-corrected chi connectivity index (χ2v) is 7.59. The van der Waals surface area contributed by atoms with E-state index in [9.17, 15) is 9.59 Å². The number of carboxylic acids is 2. The number of aryl methyl sites for hydroxylation is 1. The van der Waals surface area contributed by atoms with Gasteiger partial charge in [-0.25, -0.2) is 14.6 Å². The third-order valence-corrected chi connectivity index (χ3v) is 5.64. The second kappa shape index (κ2) is 9.96. The molecule has 32 heavy (non-hydrogen) atoms. The Morgan fingerprint density at radius 3 is 2.38 bits per heavy atom. The van der Waals surface area contributed by atoms with E-state index in [-0.39, 0.29) is 0 Å². The molecule has 0 unspecified atom stereocenters. The first-order valence-electron chi connectivity index (χ1n) is 10.3. The van der Waals surface area contributed by atoms with Gasteiger partial charge >= 0.3 is 11.9 Å². The lowest BCUT2D eigenvalue weighted by Gasteiger charge is -2.30. The molecule has 1 aliphatic rings. The summed E-state index contributed by atoms with van der Waals surface area (Å²) in [5.74, 6) is -1.42. The highest BCUT2D eigenvalue weighted by Gasteiger charge is 2.22. The normalized spacial score (nSPS) is 12.9. The van der Waals surface area contributed by atoms with Gasteiger partial charge in [-0.05, 0) is 43.0 Å². The van der Waals surface area contributed by atoms with Crippen LogP contribution < -0.4 is 4.90 Å². The highest BCUT2D eigenvalue weighted by Crippen LogP contribution is 2.33. The van der Waals surface area contributed by atoms with Gasteiger partial charge in [0.1, 0.15) is 0 Å². The molecule has 0 amide bonds. The number of aliphatic carboxylic acids is 2. The Bertz CT molecular complexity index is 1180. The maximum absolute atomic E-state index is 9.55. The van der Waals surface area contributed by atoms with E-state index >= 15 is 0 Å². The molecule has 166 valence electrons. The van der Waals surface area contributed by atoms with E-state index in [4.69, 9.17) is 15.2 Å². The molecule has 3 aromatic rings. The minimum absolute atomic E-state index is 0.558. The van der Waals surface area contributed by atoms with Gasteiger partial charge in [0, 0.05) is 49.1 Å². The van der Waals surface area contributed by atoms with Gasteiger partial charge in [0.15, 0.2) is 5.82 Å². The maximum atomic E-state index is 9.55. The largest absolute Gasteiger partial charge is 0.478 e. The first-order chi connectivity index (χ1) is 15.3. The number of aromatic nitrogens is 2. The van der Waals surface area contributed by atoms with Crippen molar-refractivity contribution in [2.24, 2.45) is 0 Å². The number of benzene rings is 1. The smallest absolute Gasteiger partial charge is 0.328 e. The Morgan fingerprint density at radius 2 is 1.75 bits per heavy atom. The number of carboxylic acid groups (broad SMARTS) is 2. The molecule has 0 spiro atoms. The standard InChI is InChI=1S/C21H23N3.C4H4O4/c1-4-12-24-16(3)15(2)19-9-11-22-21(20(19)24)23-13-10-17-7-5-6-8-18(17)14-23;5-3(6)1-2-4(7)8/h4-9,11H,1,10,12-14H2,2-3H3;1-2H,(H,5,6)(H,7,8). The van der Waals surface area contributed by atoms with Crippen molar-refractivity contribution in [2.45, 2.75) is 33.4 Å². The number of fused-ring (bicyclic) bond motifs is 2. The molecule has 0 saturated carbocycles.